The van der Waals surface area contributed by atoms with Crippen molar-refractivity contribution in [2.45, 2.75) is 52.5 Å². The number of imide groups is 1. The number of anilines is 1. The van der Waals surface area contributed by atoms with Crippen LogP contribution in [0.2, 0.25) is 0 Å². The van der Waals surface area contributed by atoms with Crippen molar-refractivity contribution in [3.8, 4) is 0 Å². The number of benzene rings is 1. The molecule has 0 aromatic heterocycles. The number of nitrogens with one attached hydrogen (secondary N) is 1. The van der Waals surface area contributed by atoms with E-state index < -0.39 is 5.54 Å². The molecule has 3 amide bonds. The molecule has 2 saturated heterocycles. The zero-order valence-corrected chi connectivity index (χ0v) is 18.2. The Labute approximate surface area is 174 Å². The van der Waals surface area contributed by atoms with Gasteiger partial charge in [-0.15, -0.1) is 0 Å². The highest BCUT2D eigenvalue weighted by molar-refractivity contribution is 6.07. The van der Waals surface area contributed by atoms with Gasteiger partial charge in [0, 0.05) is 31.9 Å². The van der Waals surface area contributed by atoms with Crippen LogP contribution in [-0.4, -0.2) is 60.1 Å². The van der Waals surface area contributed by atoms with E-state index in [0.717, 1.165) is 45.4 Å². The molecule has 1 spiro atoms. The van der Waals surface area contributed by atoms with Crippen molar-refractivity contribution in [1.29, 1.82) is 0 Å². The van der Waals surface area contributed by atoms with Gasteiger partial charge in [0.15, 0.2) is 0 Å². The molecule has 0 bridgehead atoms. The van der Waals surface area contributed by atoms with Crippen molar-refractivity contribution in [1.82, 2.24) is 15.1 Å². The number of aryl methyl sites for hydroxylation is 1. The van der Waals surface area contributed by atoms with E-state index in [1.807, 2.05) is 0 Å². The third kappa shape index (κ3) is 3.87. The molecule has 0 unspecified atom stereocenters. The quantitative estimate of drug-likeness (QED) is 0.795. The number of amides is 3. The summed E-state index contributed by atoms with van der Waals surface area (Å²) >= 11 is 0. The van der Waals surface area contributed by atoms with Crippen LogP contribution in [0, 0.1) is 18.3 Å². The van der Waals surface area contributed by atoms with Gasteiger partial charge in [-0.25, -0.2) is 9.69 Å². The summed E-state index contributed by atoms with van der Waals surface area (Å²) in [5.41, 5.74) is 1.92. The van der Waals surface area contributed by atoms with Crippen molar-refractivity contribution in [2.75, 3.05) is 37.7 Å². The molecular formula is C23H34N4O2. The first-order valence-corrected chi connectivity index (χ1v) is 10.9. The molecule has 4 rings (SSSR count). The van der Waals surface area contributed by atoms with Crippen LogP contribution in [0.1, 0.15) is 45.6 Å². The number of para-hydroxylation sites is 1. The lowest BCUT2D eigenvalue weighted by molar-refractivity contribution is -0.136. The van der Waals surface area contributed by atoms with Gasteiger partial charge in [-0.05, 0) is 49.1 Å². The molecule has 1 aliphatic carbocycles. The predicted octanol–water partition coefficient (Wildman–Crippen LogP) is 3.21. The van der Waals surface area contributed by atoms with Gasteiger partial charge in [0.25, 0.3) is 5.91 Å². The molecule has 1 aromatic carbocycles. The molecular weight excluding hydrogens is 364 g/mol. The normalized spacial score (nSPS) is 30.1. The number of hydrogen-bond donors (Lipinski definition) is 1. The van der Waals surface area contributed by atoms with Crippen LogP contribution in [0.25, 0.3) is 0 Å². The van der Waals surface area contributed by atoms with Crippen LogP contribution >= 0.6 is 0 Å². The van der Waals surface area contributed by atoms with Gasteiger partial charge >= 0.3 is 6.03 Å². The number of rotatable bonds is 3. The molecule has 6 nitrogen and oxygen atoms in total. The fourth-order valence-corrected chi connectivity index (χ4v) is 5.88. The summed E-state index contributed by atoms with van der Waals surface area (Å²) in [6, 6.07) is 8.23. The second kappa shape index (κ2) is 7.31. The molecule has 2 aliphatic heterocycles. The molecule has 1 aromatic rings. The first-order valence-electron chi connectivity index (χ1n) is 10.9. The van der Waals surface area contributed by atoms with Gasteiger partial charge in [-0.1, -0.05) is 39.0 Å². The summed E-state index contributed by atoms with van der Waals surface area (Å²) < 4.78 is 0. The molecule has 6 heteroatoms. The van der Waals surface area contributed by atoms with Crippen LogP contribution < -0.4 is 10.2 Å². The Morgan fingerprint density at radius 1 is 1.07 bits per heavy atom. The zero-order chi connectivity index (χ0) is 20.8. The largest absolute Gasteiger partial charge is 0.369 e. The Morgan fingerprint density at radius 2 is 1.76 bits per heavy atom. The summed E-state index contributed by atoms with van der Waals surface area (Å²) in [6.45, 7) is 12.6. The monoisotopic (exact) mass is 398 g/mol. The Hall–Kier alpha value is -2.08. The maximum absolute atomic E-state index is 13.3. The zero-order valence-electron chi connectivity index (χ0n) is 18.2. The van der Waals surface area contributed by atoms with E-state index in [4.69, 9.17) is 0 Å². The van der Waals surface area contributed by atoms with Crippen LogP contribution in [0.15, 0.2) is 24.3 Å². The van der Waals surface area contributed by atoms with E-state index >= 15 is 0 Å². The summed E-state index contributed by atoms with van der Waals surface area (Å²) in [7, 11) is 0. The summed E-state index contributed by atoms with van der Waals surface area (Å²) in [5, 5.41) is 3.09. The smallest absolute Gasteiger partial charge is 0.326 e. The van der Waals surface area contributed by atoms with Gasteiger partial charge in [-0.3, -0.25) is 9.69 Å². The molecule has 158 valence electrons. The average molecular weight is 399 g/mol. The lowest BCUT2D eigenvalue weighted by Gasteiger charge is -2.44. The summed E-state index contributed by atoms with van der Waals surface area (Å²) in [4.78, 5) is 32.1. The van der Waals surface area contributed by atoms with E-state index in [2.05, 4.69) is 67.1 Å². The minimum Gasteiger partial charge on any atom is -0.369 e. The minimum absolute atomic E-state index is 0.0246. The molecule has 2 heterocycles. The number of urea groups is 1. The lowest BCUT2D eigenvalue weighted by atomic mass is 9.64. The fourth-order valence-electron chi connectivity index (χ4n) is 5.88. The first-order chi connectivity index (χ1) is 13.7. The Kier molecular flexibility index (Phi) is 5.09. The van der Waals surface area contributed by atoms with Crippen molar-refractivity contribution < 1.29 is 9.59 Å². The van der Waals surface area contributed by atoms with Gasteiger partial charge < -0.3 is 10.2 Å². The Balaban J connectivity index is 1.40. The van der Waals surface area contributed by atoms with Gasteiger partial charge in [0.1, 0.15) is 5.54 Å². The summed E-state index contributed by atoms with van der Waals surface area (Å²) in [5.74, 6) is 0.407. The third-order valence-corrected chi connectivity index (χ3v) is 6.79. The standard InChI is InChI=1S/C23H34N4O2/c1-17-13-22(3,4)15-23(14-17)20(28)27(21(29)24-23)16-25-9-11-26(12-10-25)19-8-6-5-7-18(19)2/h5-8,17H,9-16H2,1-4H3,(H,24,29)/t17-,23+/m0/s1. The van der Waals surface area contributed by atoms with Crippen molar-refractivity contribution in [2.24, 2.45) is 11.3 Å². The number of nitrogens with zero attached hydrogens (tertiary/aromatic N) is 3. The predicted molar refractivity (Wildman–Crippen MR) is 115 cm³/mol. The maximum Gasteiger partial charge on any atom is 0.326 e. The highest BCUT2D eigenvalue weighted by Gasteiger charge is 2.56. The molecule has 29 heavy (non-hydrogen) atoms. The second-order valence-electron chi connectivity index (χ2n) is 10.1. The second-order valence-corrected chi connectivity index (χ2v) is 10.1. The first kappa shape index (κ1) is 20.2. The van der Waals surface area contributed by atoms with Gasteiger partial charge in [0.2, 0.25) is 0 Å². The topological polar surface area (TPSA) is 55.9 Å². The SMILES string of the molecule is Cc1ccccc1N1CCN(CN2C(=O)N[C@@]3(C[C@@H](C)CC(C)(C)C3)C2=O)CC1. The van der Waals surface area contributed by atoms with E-state index in [9.17, 15) is 9.59 Å². The van der Waals surface area contributed by atoms with E-state index in [-0.39, 0.29) is 17.4 Å². The number of hydrogen-bond acceptors (Lipinski definition) is 4. The van der Waals surface area contributed by atoms with Crippen molar-refractivity contribution in [3.05, 3.63) is 29.8 Å². The Morgan fingerprint density at radius 3 is 2.41 bits per heavy atom. The average Bonchev–Trinajstić information content (AvgIpc) is 2.84. The van der Waals surface area contributed by atoms with E-state index in [1.165, 1.54) is 16.2 Å². The highest BCUT2D eigenvalue weighted by atomic mass is 16.2. The number of piperazine rings is 1. The molecule has 1 saturated carbocycles. The molecule has 0 radical (unpaired) electrons. The molecule has 1 N–H and O–H groups in total. The van der Waals surface area contributed by atoms with Crippen LogP contribution in [-0.2, 0) is 4.79 Å². The number of carbonyl (C=O) groups is 2. The van der Waals surface area contributed by atoms with Crippen molar-refractivity contribution in [3.63, 3.8) is 0 Å². The fraction of sp³-hybridized carbons (Fsp3) is 0.652. The molecule has 3 fully saturated rings. The minimum atomic E-state index is -0.707. The highest BCUT2D eigenvalue weighted by Crippen LogP contribution is 2.46. The third-order valence-electron chi connectivity index (χ3n) is 6.79. The molecule has 2 atom stereocenters. The van der Waals surface area contributed by atoms with Crippen molar-refractivity contribution >= 4 is 17.6 Å². The summed E-state index contributed by atoms with van der Waals surface area (Å²) in [6.07, 6.45) is 2.57. The van der Waals surface area contributed by atoms with E-state index in [0.29, 0.717) is 12.6 Å². The van der Waals surface area contributed by atoms with Gasteiger partial charge in [0.05, 0.1) is 6.67 Å². The lowest BCUT2D eigenvalue weighted by Crippen LogP contribution is -2.55. The van der Waals surface area contributed by atoms with Crippen LogP contribution in [0.3, 0.4) is 0 Å². The van der Waals surface area contributed by atoms with Gasteiger partial charge in [-0.2, -0.15) is 0 Å². The van der Waals surface area contributed by atoms with E-state index in [1.54, 1.807) is 0 Å². The maximum atomic E-state index is 13.3. The Bertz CT molecular complexity index is 800. The van der Waals surface area contributed by atoms with Crippen LogP contribution in [0.5, 0.6) is 0 Å². The number of carbonyl (C=O) groups excluding carboxylic acids is 2. The molecule has 3 aliphatic rings. The van der Waals surface area contributed by atoms with Crippen LogP contribution in [0.4, 0.5) is 10.5 Å².